The zero-order chi connectivity index (χ0) is 20.4. The second-order valence-corrected chi connectivity index (χ2v) is 7.14. The van der Waals surface area contributed by atoms with Crippen LogP contribution in [0.1, 0.15) is 10.4 Å². The number of fused-ring (bicyclic) bond motifs is 1. The van der Waals surface area contributed by atoms with Crippen LogP contribution in [0.5, 0.6) is 0 Å². The molecule has 1 aromatic heterocycles. The predicted octanol–water partition coefficient (Wildman–Crippen LogP) is 6.12. The molecule has 0 bridgehead atoms. The van der Waals surface area contributed by atoms with Crippen molar-refractivity contribution in [3.63, 3.8) is 0 Å². The molecular weight excluding hydrogens is 407 g/mol. The summed E-state index contributed by atoms with van der Waals surface area (Å²) in [6.07, 6.45) is 1.67. The largest absolute Gasteiger partial charge is 0.397 e. The molecular formula is C22H16Cl2N4O. The van der Waals surface area contributed by atoms with E-state index in [1.165, 1.54) is 0 Å². The number of nitrogen functional groups attached to an aromatic ring is 1. The van der Waals surface area contributed by atoms with Crippen LogP contribution in [0.25, 0.3) is 10.9 Å². The second kappa shape index (κ2) is 7.99. The van der Waals surface area contributed by atoms with Crippen molar-refractivity contribution in [2.75, 3.05) is 16.4 Å². The van der Waals surface area contributed by atoms with E-state index < -0.39 is 5.91 Å². The van der Waals surface area contributed by atoms with E-state index in [1.54, 1.807) is 30.5 Å². The van der Waals surface area contributed by atoms with Gasteiger partial charge in [0.2, 0.25) is 0 Å². The van der Waals surface area contributed by atoms with Crippen molar-refractivity contribution in [3.05, 3.63) is 88.5 Å². The Morgan fingerprint density at radius 2 is 1.52 bits per heavy atom. The molecule has 0 radical (unpaired) electrons. The van der Waals surface area contributed by atoms with Crippen LogP contribution in [0.15, 0.2) is 72.9 Å². The highest BCUT2D eigenvalue weighted by Gasteiger charge is 2.16. The first-order valence-electron chi connectivity index (χ1n) is 8.79. The van der Waals surface area contributed by atoms with Crippen molar-refractivity contribution >= 4 is 62.8 Å². The summed E-state index contributed by atoms with van der Waals surface area (Å²) in [5.74, 6) is -0.402. The van der Waals surface area contributed by atoms with Gasteiger partial charge in [-0.2, -0.15) is 0 Å². The third kappa shape index (κ3) is 3.83. The summed E-state index contributed by atoms with van der Waals surface area (Å²) in [6.45, 7) is 0. The molecule has 144 valence electrons. The molecule has 1 amide bonds. The number of halogens is 2. The van der Waals surface area contributed by atoms with E-state index in [4.69, 9.17) is 28.9 Å². The van der Waals surface area contributed by atoms with Gasteiger partial charge in [-0.05, 0) is 36.4 Å². The molecule has 29 heavy (non-hydrogen) atoms. The van der Waals surface area contributed by atoms with Crippen LogP contribution in [0.2, 0.25) is 10.0 Å². The minimum Gasteiger partial charge on any atom is -0.397 e. The van der Waals surface area contributed by atoms with Crippen molar-refractivity contribution in [1.29, 1.82) is 0 Å². The van der Waals surface area contributed by atoms with Crippen LogP contribution in [-0.4, -0.2) is 10.9 Å². The second-order valence-electron chi connectivity index (χ2n) is 6.32. The van der Waals surface area contributed by atoms with Gasteiger partial charge in [0.15, 0.2) is 0 Å². The van der Waals surface area contributed by atoms with Gasteiger partial charge >= 0.3 is 0 Å². The van der Waals surface area contributed by atoms with Gasteiger partial charge in [-0.1, -0.05) is 53.5 Å². The van der Waals surface area contributed by atoms with E-state index in [0.29, 0.717) is 16.9 Å². The zero-order valence-electron chi connectivity index (χ0n) is 15.1. The van der Waals surface area contributed by atoms with Crippen LogP contribution in [-0.2, 0) is 0 Å². The van der Waals surface area contributed by atoms with Gasteiger partial charge in [-0.3, -0.25) is 9.78 Å². The molecule has 1 heterocycles. The predicted molar refractivity (Wildman–Crippen MR) is 120 cm³/mol. The van der Waals surface area contributed by atoms with Gasteiger partial charge in [-0.25, -0.2) is 0 Å². The van der Waals surface area contributed by atoms with E-state index in [0.717, 1.165) is 16.8 Å². The fourth-order valence-electron chi connectivity index (χ4n) is 3.04. The van der Waals surface area contributed by atoms with Crippen LogP contribution in [0.3, 0.4) is 0 Å². The molecule has 0 aliphatic rings. The van der Waals surface area contributed by atoms with Crippen molar-refractivity contribution in [2.45, 2.75) is 0 Å². The van der Waals surface area contributed by atoms with E-state index in [9.17, 15) is 4.79 Å². The summed E-state index contributed by atoms with van der Waals surface area (Å²) in [5, 5.41) is 7.59. The molecule has 4 aromatic rings. The van der Waals surface area contributed by atoms with Crippen LogP contribution in [0.4, 0.5) is 22.7 Å². The first-order chi connectivity index (χ1) is 14.0. The lowest BCUT2D eigenvalue weighted by Gasteiger charge is -2.14. The van der Waals surface area contributed by atoms with Gasteiger partial charge in [0, 0.05) is 17.3 Å². The molecule has 0 aliphatic carbocycles. The maximum atomic E-state index is 12.8. The number of hydrogen-bond donors (Lipinski definition) is 3. The summed E-state index contributed by atoms with van der Waals surface area (Å²) in [7, 11) is 0. The lowest BCUT2D eigenvalue weighted by molar-refractivity contribution is 0.102. The number of nitrogens with zero attached hydrogens (tertiary/aromatic N) is 1. The number of carbonyl (C=O) groups excluding carboxylic acids is 1. The third-order valence-corrected chi connectivity index (χ3v) is 5.07. The molecule has 5 nitrogen and oxygen atoms in total. The average molecular weight is 423 g/mol. The van der Waals surface area contributed by atoms with Gasteiger partial charge in [0.1, 0.15) is 0 Å². The summed E-state index contributed by atoms with van der Waals surface area (Å²) in [5.41, 5.74) is 9.68. The highest BCUT2D eigenvalue weighted by Crippen LogP contribution is 2.32. The lowest BCUT2D eigenvalue weighted by atomic mass is 10.1. The Morgan fingerprint density at radius 1 is 0.828 bits per heavy atom. The number of carbonyl (C=O) groups is 1. The molecule has 7 heteroatoms. The lowest BCUT2D eigenvalue weighted by Crippen LogP contribution is -2.13. The third-order valence-electron chi connectivity index (χ3n) is 4.44. The Hall–Kier alpha value is -3.28. The molecule has 0 saturated carbocycles. The Labute approximate surface area is 177 Å². The standard InChI is InChI=1S/C22H16Cl2N4O/c23-14-6-4-7-15(24)20(14)22(29)28-19-10-3-5-13-17(11-12-26-21(13)19)27-18-9-2-1-8-16(18)25/h1-12H,25H2,(H,26,27)(H,28,29). The Morgan fingerprint density at radius 3 is 2.28 bits per heavy atom. The number of amides is 1. The topological polar surface area (TPSA) is 80.0 Å². The van der Waals surface area contributed by atoms with Gasteiger partial charge in [0.25, 0.3) is 5.91 Å². The van der Waals surface area contributed by atoms with Crippen molar-refractivity contribution < 1.29 is 4.79 Å². The van der Waals surface area contributed by atoms with Crippen molar-refractivity contribution in [3.8, 4) is 0 Å². The van der Waals surface area contributed by atoms with Crippen LogP contribution >= 0.6 is 23.2 Å². The van der Waals surface area contributed by atoms with Crippen molar-refractivity contribution in [2.24, 2.45) is 0 Å². The van der Waals surface area contributed by atoms with Gasteiger partial charge < -0.3 is 16.4 Å². The van der Waals surface area contributed by atoms with E-state index >= 15 is 0 Å². The quantitative estimate of drug-likeness (QED) is 0.346. The minimum absolute atomic E-state index is 0.221. The maximum absolute atomic E-state index is 12.8. The smallest absolute Gasteiger partial charge is 0.258 e. The monoisotopic (exact) mass is 422 g/mol. The fraction of sp³-hybridized carbons (Fsp3) is 0. The summed E-state index contributed by atoms with van der Waals surface area (Å²) in [4.78, 5) is 17.2. The zero-order valence-corrected chi connectivity index (χ0v) is 16.6. The fourth-order valence-corrected chi connectivity index (χ4v) is 3.61. The summed E-state index contributed by atoms with van der Waals surface area (Å²) in [6, 6.07) is 19.8. The maximum Gasteiger partial charge on any atom is 0.258 e. The molecule has 0 saturated heterocycles. The van der Waals surface area contributed by atoms with Gasteiger partial charge in [0.05, 0.1) is 38.2 Å². The molecule has 0 spiro atoms. The van der Waals surface area contributed by atoms with Crippen molar-refractivity contribution in [1.82, 2.24) is 4.98 Å². The highest BCUT2D eigenvalue weighted by molar-refractivity contribution is 6.40. The number of aromatic nitrogens is 1. The number of nitrogens with one attached hydrogen (secondary N) is 2. The first-order valence-corrected chi connectivity index (χ1v) is 9.55. The number of benzene rings is 3. The van der Waals surface area contributed by atoms with E-state index in [2.05, 4.69) is 15.6 Å². The average Bonchev–Trinajstić information content (AvgIpc) is 2.70. The number of para-hydroxylation sites is 3. The SMILES string of the molecule is Nc1ccccc1Nc1ccnc2c(NC(=O)c3c(Cl)cccc3Cl)cccc12. The molecule has 0 atom stereocenters. The summed E-state index contributed by atoms with van der Waals surface area (Å²) >= 11 is 12.3. The Balaban J connectivity index is 1.72. The minimum atomic E-state index is -0.402. The number of anilines is 4. The number of nitrogens with two attached hydrogens (primary N) is 1. The van der Waals surface area contributed by atoms with Crippen LogP contribution in [0, 0.1) is 0 Å². The molecule has 0 aliphatic heterocycles. The number of hydrogen-bond acceptors (Lipinski definition) is 4. The Kier molecular flexibility index (Phi) is 5.25. The van der Waals surface area contributed by atoms with E-state index in [1.807, 2.05) is 42.5 Å². The van der Waals surface area contributed by atoms with Gasteiger partial charge in [-0.15, -0.1) is 0 Å². The number of pyridine rings is 1. The molecule has 4 rings (SSSR count). The molecule has 0 unspecified atom stereocenters. The van der Waals surface area contributed by atoms with Crippen LogP contribution < -0.4 is 16.4 Å². The Bertz CT molecular complexity index is 1210. The first kappa shape index (κ1) is 19.1. The summed E-state index contributed by atoms with van der Waals surface area (Å²) < 4.78 is 0. The van der Waals surface area contributed by atoms with E-state index in [-0.39, 0.29) is 15.6 Å². The normalized spacial score (nSPS) is 10.7. The highest BCUT2D eigenvalue weighted by atomic mass is 35.5. The molecule has 3 aromatic carbocycles. The molecule has 4 N–H and O–H groups in total. The number of rotatable bonds is 4. The molecule has 0 fully saturated rings.